The molecule has 98 valence electrons. The summed E-state index contributed by atoms with van der Waals surface area (Å²) in [5, 5.41) is 10.8. The first-order valence-corrected chi connectivity index (χ1v) is 6.32. The molecule has 0 bridgehead atoms. The van der Waals surface area contributed by atoms with Gasteiger partial charge in [0.2, 0.25) is 0 Å². The van der Waals surface area contributed by atoms with E-state index in [1.54, 1.807) is 12.3 Å². The first-order chi connectivity index (χ1) is 8.99. The van der Waals surface area contributed by atoms with Crippen molar-refractivity contribution in [2.24, 2.45) is 0 Å². The van der Waals surface area contributed by atoms with Crippen LogP contribution < -0.4 is 0 Å². The van der Waals surface area contributed by atoms with Crippen molar-refractivity contribution < 1.29 is 14.1 Å². The number of nitrogens with zero attached hydrogens (tertiary/aromatic N) is 1. The fraction of sp³-hybridized carbons (Fsp3) is 0.154. The number of Topliss-reactive ketones (excluding diaryl/α,β-unsaturated/α-hetero) is 1. The number of hydrogen-bond donors (Lipinski definition) is 0. The molecule has 19 heavy (non-hydrogen) atoms. The van der Waals surface area contributed by atoms with Crippen molar-refractivity contribution in [2.45, 2.75) is 23.6 Å². The van der Waals surface area contributed by atoms with Gasteiger partial charge in [-0.1, -0.05) is 11.8 Å². The highest BCUT2D eigenvalue weighted by molar-refractivity contribution is 7.99. The number of nitro groups is 1. The minimum atomic E-state index is -0.547. The van der Waals surface area contributed by atoms with Crippen LogP contribution in [0.3, 0.4) is 0 Å². The summed E-state index contributed by atoms with van der Waals surface area (Å²) < 4.78 is 5.18. The van der Waals surface area contributed by atoms with Gasteiger partial charge in [0.15, 0.2) is 5.78 Å². The van der Waals surface area contributed by atoms with Gasteiger partial charge in [-0.05, 0) is 32.0 Å². The standard InChI is InChI=1S/C13H11NO4S/c1-8(15)11-7-10(3-4-12(11)14(16)17)19-13-5-6-18-9(13)2/h3-7H,1-2H3. The normalized spacial score (nSPS) is 10.4. The fourth-order valence-electron chi connectivity index (χ4n) is 1.63. The molecule has 0 atom stereocenters. The molecule has 5 nitrogen and oxygen atoms in total. The predicted octanol–water partition coefficient (Wildman–Crippen LogP) is 3.85. The van der Waals surface area contributed by atoms with Crippen LogP contribution in [0, 0.1) is 17.0 Å². The summed E-state index contributed by atoms with van der Waals surface area (Å²) in [5.41, 5.74) is -0.0445. The number of aryl methyl sites for hydroxylation is 1. The molecule has 0 N–H and O–H groups in total. The highest BCUT2D eigenvalue weighted by Crippen LogP contribution is 2.33. The van der Waals surface area contributed by atoms with Crippen molar-refractivity contribution in [1.29, 1.82) is 0 Å². The van der Waals surface area contributed by atoms with E-state index in [-0.39, 0.29) is 17.0 Å². The van der Waals surface area contributed by atoms with E-state index in [1.165, 1.54) is 30.8 Å². The van der Waals surface area contributed by atoms with Crippen LogP contribution in [-0.2, 0) is 0 Å². The molecule has 6 heteroatoms. The SMILES string of the molecule is CC(=O)c1cc(Sc2ccoc2C)ccc1[N+](=O)[O-]. The lowest BCUT2D eigenvalue weighted by atomic mass is 10.1. The molecule has 1 aromatic carbocycles. The number of carbonyl (C=O) groups is 1. The Kier molecular flexibility index (Phi) is 3.71. The maximum atomic E-state index is 11.5. The molecule has 1 heterocycles. The Labute approximate surface area is 113 Å². The van der Waals surface area contributed by atoms with Crippen molar-refractivity contribution in [3.05, 3.63) is 52.0 Å². The van der Waals surface area contributed by atoms with Crippen LogP contribution in [0.25, 0.3) is 0 Å². The third-order valence-corrected chi connectivity index (χ3v) is 3.72. The summed E-state index contributed by atoms with van der Waals surface area (Å²) in [6.07, 6.45) is 1.58. The molecule has 0 fully saturated rings. The first-order valence-electron chi connectivity index (χ1n) is 5.50. The van der Waals surface area contributed by atoms with E-state index >= 15 is 0 Å². The molecule has 0 amide bonds. The Balaban J connectivity index is 2.39. The maximum absolute atomic E-state index is 11.5. The van der Waals surface area contributed by atoms with E-state index in [9.17, 15) is 14.9 Å². The molecule has 2 rings (SSSR count). The zero-order valence-corrected chi connectivity index (χ0v) is 11.2. The van der Waals surface area contributed by atoms with E-state index in [0.717, 1.165) is 15.6 Å². The molecule has 2 aromatic rings. The van der Waals surface area contributed by atoms with Crippen LogP contribution >= 0.6 is 11.8 Å². The Hall–Kier alpha value is -2.08. The molecule has 0 spiro atoms. The van der Waals surface area contributed by atoms with Crippen LogP contribution in [0.15, 0.2) is 44.7 Å². The van der Waals surface area contributed by atoms with Gasteiger partial charge in [-0.25, -0.2) is 0 Å². The van der Waals surface area contributed by atoms with Gasteiger partial charge < -0.3 is 4.42 Å². The van der Waals surface area contributed by atoms with E-state index in [2.05, 4.69) is 0 Å². The average molecular weight is 277 g/mol. The number of ketones is 1. The highest BCUT2D eigenvalue weighted by Gasteiger charge is 2.18. The molecule has 0 aliphatic rings. The summed E-state index contributed by atoms with van der Waals surface area (Å²) in [7, 11) is 0. The topological polar surface area (TPSA) is 73.3 Å². The van der Waals surface area contributed by atoms with Crippen LogP contribution in [0.5, 0.6) is 0 Å². The quantitative estimate of drug-likeness (QED) is 0.482. The van der Waals surface area contributed by atoms with Gasteiger partial charge in [0.25, 0.3) is 5.69 Å². The number of carbonyl (C=O) groups excluding carboxylic acids is 1. The predicted molar refractivity (Wildman–Crippen MR) is 70.7 cm³/mol. The zero-order valence-electron chi connectivity index (χ0n) is 10.4. The van der Waals surface area contributed by atoms with Crippen molar-refractivity contribution in [3.8, 4) is 0 Å². The minimum absolute atomic E-state index is 0.121. The van der Waals surface area contributed by atoms with Gasteiger partial charge in [0, 0.05) is 11.0 Å². The third kappa shape index (κ3) is 2.85. The summed E-state index contributed by atoms with van der Waals surface area (Å²) in [5.74, 6) is 0.450. The van der Waals surface area contributed by atoms with E-state index in [1.807, 2.05) is 13.0 Å². The molecule has 0 aliphatic carbocycles. The number of furan rings is 1. The molecule has 0 saturated heterocycles. The molecule has 0 radical (unpaired) electrons. The largest absolute Gasteiger partial charge is 0.468 e. The minimum Gasteiger partial charge on any atom is -0.468 e. The summed E-state index contributed by atoms with van der Waals surface area (Å²) in [6.45, 7) is 3.15. The van der Waals surface area contributed by atoms with Gasteiger partial charge in [-0.2, -0.15) is 0 Å². The molecule has 1 aromatic heterocycles. The second-order valence-corrected chi connectivity index (χ2v) is 5.05. The Morgan fingerprint density at radius 2 is 2.11 bits per heavy atom. The number of nitro benzene ring substituents is 1. The summed E-state index contributed by atoms with van der Waals surface area (Å²) in [4.78, 5) is 23.4. The average Bonchev–Trinajstić information content (AvgIpc) is 2.74. The summed E-state index contributed by atoms with van der Waals surface area (Å²) in [6, 6.07) is 6.34. The van der Waals surface area contributed by atoms with Crippen LogP contribution in [0.4, 0.5) is 5.69 Å². The lowest BCUT2D eigenvalue weighted by Gasteiger charge is -2.03. The molecule has 0 saturated carbocycles. The van der Waals surface area contributed by atoms with Gasteiger partial charge in [0.05, 0.1) is 21.6 Å². The molecule has 0 aliphatic heterocycles. The van der Waals surface area contributed by atoms with E-state index < -0.39 is 4.92 Å². The zero-order chi connectivity index (χ0) is 14.0. The lowest BCUT2D eigenvalue weighted by Crippen LogP contribution is -2.00. The number of benzene rings is 1. The number of rotatable bonds is 4. The van der Waals surface area contributed by atoms with Gasteiger partial charge in [-0.3, -0.25) is 14.9 Å². The van der Waals surface area contributed by atoms with Gasteiger partial charge >= 0.3 is 0 Å². The van der Waals surface area contributed by atoms with Gasteiger partial charge in [0.1, 0.15) is 5.76 Å². The van der Waals surface area contributed by atoms with E-state index in [4.69, 9.17) is 4.42 Å². The monoisotopic (exact) mass is 277 g/mol. The fourth-order valence-corrected chi connectivity index (χ4v) is 2.51. The highest BCUT2D eigenvalue weighted by atomic mass is 32.2. The summed E-state index contributed by atoms with van der Waals surface area (Å²) >= 11 is 1.40. The van der Waals surface area contributed by atoms with Crippen molar-refractivity contribution in [1.82, 2.24) is 0 Å². The van der Waals surface area contributed by atoms with Gasteiger partial charge in [-0.15, -0.1) is 0 Å². The maximum Gasteiger partial charge on any atom is 0.280 e. The molecular formula is C13H11NO4S. The Morgan fingerprint density at radius 3 is 2.63 bits per heavy atom. The third-order valence-electron chi connectivity index (χ3n) is 2.58. The number of hydrogen-bond acceptors (Lipinski definition) is 5. The first kappa shape index (κ1) is 13.4. The van der Waals surface area contributed by atoms with Crippen LogP contribution in [0.1, 0.15) is 23.0 Å². The van der Waals surface area contributed by atoms with Crippen LogP contribution in [-0.4, -0.2) is 10.7 Å². The lowest BCUT2D eigenvalue weighted by molar-refractivity contribution is -0.385. The van der Waals surface area contributed by atoms with Crippen molar-refractivity contribution in [2.75, 3.05) is 0 Å². The molecule has 0 unspecified atom stereocenters. The molecular weight excluding hydrogens is 266 g/mol. The Bertz CT molecular complexity index is 648. The second-order valence-electron chi connectivity index (χ2n) is 3.94. The Morgan fingerprint density at radius 1 is 1.37 bits per heavy atom. The van der Waals surface area contributed by atoms with Crippen molar-refractivity contribution in [3.63, 3.8) is 0 Å². The van der Waals surface area contributed by atoms with Crippen LogP contribution in [0.2, 0.25) is 0 Å². The second kappa shape index (κ2) is 5.27. The van der Waals surface area contributed by atoms with Crippen molar-refractivity contribution >= 4 is 23.2 Å². The van der Waals surface area contributed by atoms with E-state index in [0.29, 0.717) is 0 Å². The smallest absolute Gasteiger partial charge is 0.280 e.